The van der Waals surface area contributed by atoms with Crippen molar-refractivity contribution in [3.05, 3.63) is 45.7 Å². The molecule has 11 heteroatoms. The van der Waals surface area contributed by atoms with Crippen LogP contribution in [-0.2, 0) is 17.9 Å². The van der Waals surface area contributed by atoms with E-state index in [9.17, 15) is 9.59 Å². The maximum Gasteiger partial charge on any atom is 0.265 e. The number of nitrogens with zero attached hydrogens (tertiary/aromatic N) is 5. The molecule has 0 spiro atoms. The molecule has 2 amide bonds. The molecule has 0 radical (unpaired) electrons. The zero-order valence-corrected chi connectivity index (χ0v) is 21.3. The fourth-order valence-corrected chi connectivity index (χ4v) is 4.84. The molecule has 0 aliphatic carbocycles. The highest BCUT2D eigenvalue weighted by Gasteiger charge is 2.19. The summed E-state index contributed by atoms with van der Waals surface area (Å²) in [5.74, 6) is 1.30. The van der Waals surface area contributed by atoms with E-state index in [-0.39, 0.29) is 17.6 Å². The van der Waals surface area contributed by atoms with E-state index in [0.717, 1.165) is 11.3 Å². The first-order valence-corrected chi connectivity index (χ1v) is 12.2. The molecule has 9 nitrogen and oxygen atoms in total. The third-order valence-electron chi connectivity index (χ3n) is 5.00. The second kappa shape index (κ2) is 10.8. The van der Waals surface area contributed by atoms with Crippen molar-refractivity contribution in [2.24, 2.45) is 0 Å². The van der Waals surface area contributed by atoms with Crippen LogP contribution in [0.5, 0.6) is 5.75 Å². The summed E-state index contributed by atoms with van der Waals surface area (Å²) in [4.78, 5) is 30.9. The van der Waals surface area contributed by atoms with Gasteiger partial charge in [-0.15, -0.1) is 10.2 Å². The van der Waals surface area contributed by atoms with Gasteiger partial charge in [-0.2, -0.15) is 0 Å². The number of thioether (sulfide) groups is 1. The Labute approximate surface area is 201 Å². The molecule has 176 valence electrons. The van der Waals surface area contributed by atoms with E-state index < -0.39 is 0 Å². The van der Waals surface area contributed by atoms with Crippen molar-refractivity contribution in [1.29, 1.82) is 0 Å². The summed E-state index contributed by atoms with van der Waals surface area (Å²) in [6.07, 6.45) is 0. The number of aromatic nitrogens is 4. The minimum absolute atomic E-state index is 0.133. The highest BCUT2D eigenvalue weighted by molar-refractivity contribution is 7.99. The van der Waals surface area contributed by atoms with Crippen molar-refractivity contribution in [2.45, 2.75) is 46.0 Å². The first kappa shape index (κ1) is 24.7. The van der Waals surface area contributed by atoms with E-state index in [0.29, 0.717) is 39.8 Å². The molecule has 3 aromatic rings. The van der Waals surface area contributed by atoms with Crippen LogP contribution in [0.15, 0.2) is 23.4 Å². The number of hydrogen-bond donors (Lipinski definition) is 1. The molecule has 0 saturated carbocycles. The van der Waals surface area contributed by atoms with Gasteiger partial charge in [-0.25, -0.2) is 4.98 Å². The number of rotatable bonds is 9. The van der Waals surface area contributed by atoms with Gasteiger partial charge in [-0.05, 0) is 44.9 Å². The van der Waals surface area contributed by atoms with Crippen LogP contribution in [0.25, 0.3) is 0 Å². The monoisotopic (exact) mass is 488 g/mol. The number of thiazole rings is 1. The second-order valence-electron chi connectivity index (χ2n) is 7.60. The van der Waals surface area contributed by atoms with E-state index in [1.165, 1.54) is 33.6 Å². The summed E-state index contributed by atoms with van der Waals surface area (Å²) < 4.78 is 7.90. The standard InChI is InChI=1S/C22H28N6O3S2/c1-7-28-17(11-31-16-10-8-9-13(2)14(16)3)25-26-22(28)32-12-18(29)24-21-23-15(4)19(33-21)20(30)27(5)6/h8-10H,7,11-12H2,1-6H3,(H,23,24,29). The van der Waals surface area contributed by atoms with Crippen molar-refractivity contribution in [3.8, 4) is 5.75 Å². The Morgan fingerprint density at radius 3 is 2.67 bits per heavy atom. The minimum atomic E-state index is -0.226. The highest BCUT2D eigenvalue weighted by atomic mass is 32.2. The molecule has 2 heterocycles. The number of aryl methyl sites for hydroxylation is 2. The van der Waals surface area contributed by atoms with E-state index in [1.807, 2.05) is 43.5 Å². The van der Waals surface area contributed by atoms with Crippen LogP contribution in [0.1, 0.15) is 39.2 Å². The smallest absolute Gasteiger partial charge is 0.265 e. The Balaban J connectivity index is 1.60. The molecule has 1 aromatic carbocycles. The lowest BCUT2D eigenvalue weighted by Gasteiger charge is -2.11. The van der Waals surface area contributed by atoms with Crippen molar-refractivity contribution in [2.75, 3.05) is 25.2 Å². The molecule has 1 N–H and O–H groups in total. The van der Waals surface area contributed by atoms with Crippen LogP contribution in [0.2, 0.25) is 0 Å². The quantitative estimate of drug-likeness (QED) is 0.458. The zero-order valence-electron chi connectivity index (χ0n) is 19.6. The fourth-order valence-electron chi connectivity index (χ4n) is 3.01. The first-order chi connectivity index (χ1) is 15.7. The number of nitrogens with one attached hydrogen (secondary N) is 1. The molecule has 0 unspecified atom stereocenters. The molecule has 0 atom stereocenters. The minimum Gasteiger partial charge on any atom is -0.485 e. The topological polar surface area (TPSA) is 102 Å². The van der Waals surface area contributed by atoms with Gasteiger partial charge in [0.25, 0.3) is 5.91 Å². The van der Waals surface area contributed by atoms with E-state index >= 15 is 0 Å². The van der Waals surface area contributed by atoms with Gasteiger partial charge < -0.3 is 19.5 Å². The lowest BCUT2D eigenvalue weighted by Crippen LogP contribution is -2.21. The Hall–Kier alpha value is -2.92. The Bertz CT molecular complexity index is 1160. The summed E-state index contributed by atoms with van der Waals surface area (Å²) in [5.41, 5.74) is 2.86. The number of amides is 2. The average molecular weight is 489 g/mol. The largest absolute Gasteiger partial charge is 0.485 e. The van der Waals surface area contributed by atoms with Gasteiger partial charge in [0.05, 0.1) is 11.4 Å². The van der Waals surface area contributed by atoms with Crippen LogP contribution >= 0.6 is 23.1 Å². The van der Waals surface area contributed by atoms with Gasteiger partial charge in [0.2, 0.25) is 5.91 Å². The predicted molar refractivity (Wildman–Crippen MR) is 130 cm³/mol. The molecule has 2 aromatic heterocycles. The van der Waals surface area contributed by atoms with Crippen molar-refractivity contribution >= 4 is 40.0 Å². The maximum absolute atomic E-state index is 12.5. The lowest BCUT2D eigenvalue weighted by molar-refractivity contribution is -0.113. The molecule has 0 bridgehead atoms. The van der Waals surface area contributed by atoms with Gasteiger partial charge in [0.1, 0.15) is 17.2 Å². The van der Waals surface area contributed by atoms with Gasteiger partial charge in [0, 0.05) is 20.6 Å². The summed E-state index contributed by atoms with van der Waals surface area (Å²) in [6.45, 7) is 8.77. The molecule has 3 rings (SSSR count). The summed E-state index contributed by atoms with van der Waals surface area (Å²) in [6, 6.07) is 5.95. The molecule has 33 heavy (non-hydrogen) atoms. The number of ether oxygens (including phenoxy) is 1. The van der Waals surface area contributed by atoms with Gasteiger partial charge >= 0.3 is 0 Å². The molecule has 0 aliphatic heterocycles. The second-order valence-corrected chi connectivity index (χ2v) is 9.54. The first-order valence-electron chi connectivity index (χ1n) is 10.4. The number of hydrogen-bond acceptors (Lipinski definition) is 8. The fraction of sp³-hybridized carbons (Fsp3) is 0.409. The van der Waals surface area contributed by atoms with E-state index in [4.69, 9.17) is 4.74 Å². The average Bonchev–Trinajstić information content (AvgIpc) is 3.34. The molecule has 0 aliphatic rings. The molecule has 0 saturated heterocycles. The number of anilines is 1. The predicted octanol–water partition coefficient (Wildman–Crippen LogP) is 3.69. The summed E-state index contributed by atoms with van der Waals surface area (Å²) in [7, 11) is 3.36. The van der Waals surface area contributed by atoms with Crippen LogP contribution in [-0.4, -0.2) is 56.3 Å². The Kier molecular flexibility index (Phi) is 8.09. The SMILES string of the molecule is CCn1c(COc2cccc(C)c2C)nnc1SCC(=O)Nc1nc(C)c(C(=O)N(C)C)s1. The molecular formula is C22H28N6O3S2. The highest BCUT2D eigenvalue weighted by Crippen LogP contribution is 2.25. The maximum atomic E-state index is 12.5. The van der Waals surface area contributed by atoms with E-state index in [2.05, 4.69) is 20.5 Å². The number of carbonyl (C=O) groups excluding carboxylic acids is 2. The van der Waals surface area contributed by atoms with Crippen molar-refractivity contribution in [1.82, 2.24) is 24.6 Å². The van der Waals surface area contributed by atoms with Crippen LogP contribution in [0.4, 0.5) is 5.13 Å². The van der Waals surface area contributed by atoms with E-state index in [1.54, 1.807) is 21.0 Å². The summed E-state index contributed by atoms with van der Waals surface area (Å²) >= 11 is 2.46. The zero-order chi connectivity index (χ0) is 24.1. The third-order valence-corrected chi connectivity index (χ3v) is 7.02. The third kappa shape index (κ3) is 5.91. The number of carbonyl (C=O) groups is 2. The van der Waals surface area contributed by atoms with Crippen LogP contribution in [0, 0.1) is 20.8 Å². The lowest BCUT2D eigenvalue weighted by atomic mass is 10.1. The van der Waals surface area contributed by atoms with Crippen LogP contribution in [0.3, 0.4) is 0 Å². The number of benzene rings is 1. The summed E-state index contributed by atoms with van der Waals surface area (Å²) in [5, 5.41) is 12.3. The Morgan fingerprint density at radius 1 is 1.21 bits per heavy atom. The normalized spacial score (nSPS) is 10.8. The van der Waals surface area contributed by atoms with Crippen LogP contribution < -0.4 is 10.1 Å². The van der Waals surface area contributed by atoms with Gasteiger partial charge in [-0.1, -0.05) is 35.2 Å². The van der Waals surface area contributed by atoms with Crippen molar-refractivity contribution < 1.29 is 14.3 Å². The van der Waals surface area contributed by atoms with Gasteiger partial charge in [0.15, 0.2) is 16.1 Å². The molecular weight excluding hydrogens is 460 g/mol. The van der Waals surface area contributed by atoms with Gasteiger partial charge in [-0.3, -0.25) is 9.59 Å². The van der Waals surface area contributed by atoms with Crippen molar-refractivity contribution in [3.63, 3.8) is 0 Å². The Morgan fingerprint density at radius 2 is 1.97 bits per heavy atom. The molecule has 0 fully saturated rings.